The van der Waals surface area contributed by atoms with Crippen molar-refractivity contribution in [3.63, 3.8) is 0 Å². The molecule has 2 amide bonds. The number of hydrogen-bond donors (Lipinski definition) is 2. The van der Waals surface area contributed by atoms with E-state index < -0.39 is 0 Å². The van der Waals surface area contributed by atoms with Gasteiger partial charge < -0.3 is 24.6 Å². The minimum Gasteiger partial charge on any atom is -0.491 e. The zero-order chi connectivity index (χ0) is 22.7. The topological polar surface area (TPSA) is 81.7 Å². The van der Waals surface area contributed by atoms with Gasteiger partial charge in [-0.1, -0.05) is 19.1 Å². The number of urea groups is 1. The van der Waals surface area contributed by atoms with Crippen molar-refractivity contribution in [3.8, 4) is 16.9 Å². The van der Waals surface area contributed by atoms with E-state index in [-0.39, 0.29) is 24.2 Å². The van der Waals surface area contributed by atoms with Crippen LogP contribution in [0.1, 0.15) is 37.6 Å². The molecule has 0 aliphatic carbocycles. The van der Waals surface area contributed by atoms with Gasteiger partial charge in [0.05, 0.1) is 30.2 Å². The molecule has 0 spiro atoms. The molecule has 4 atom stereocenters. The number of aliphatic hydroxyl groups excluding tert-OH is 1. The Labute approximate surface area is 193 Å². The van der Waals surface area contributed by atoms with E-state index in [2.05, 4.69) is 46.1 Å². The van der Waals surface area contributed by atoms with Crippen LogP contribution in [-0.2, 0) is 6.54 Å². The van der Waals surface area contributed by atoms with Crippen molar-refractivity contribution in [1.29, 1.82) is 0 Å². The Morgan fingerprint density at radius 3 is 2.82 bits per heavy atom. The van der Waals surface area contributed by atoms with Gasteiger partial charge in [-0.3, -0.25) is 0 Å². The number of aromatic nitrogens is 2. The first-order chi connectivity index (χ1) is 16.0. The van der Waals surface area contributed by atoms with E-state index in [0.717, 1.165) is 45.7 Å². The van der Waals surface area contributed by atoms with Gasteiger partial charge in [-0.25, -0.2) is 9.78 Å². The third-order valence-corrected chi connectivity index (χ3v) is 7.57. The van der Waals surface area contributed by atoms with Crippen LogP contribution >= 0.6 is 0 Å². The molecule has 2 fully saturated rings. The average Bonchev–Trinajstić information content (AvgIpc) is 3.15. The maximum Gasteiger partial charge on any atom is 0.320 e. The van der Waals surface area contributed by atoms with Gasteiger partial charge in [0, 0.05) is 17.6 Å². The second-order valence-electron chi connectivity index (χ2n) is 9.90. The molecule has 7 nitrogen and oxygen atoms in total. The van der Waals surface area contributed by atoms with Crippen LogP contribution in [0.2, 0.25) is 0 Å². The van der Waals surface area contributed by atoms with E-state index in [1.54, 1.807) is 0 Å². The van der Waals surface area contributed by atoms with E-state index in [1.165, 1.54) is 0 Å². The van der Waals surface area contributed by atoms with Gasteiger partial charge in [0.2, 0.25) is 0 Å². The monoisotopic (exact) mass is 446 g/mol. The second-order valence-corrected chi connectivity index (χ2v) is 9.90. The molecule has 6 rings (SSSR count). The molecular formula is C26H30N4O3. The Bertz CT molecular complexity index is 1220. The summed E-state index contributed by atoms with van der Waals surface area (Å²) in [5.74, 6) is 2.18. The van der Waals surface area contributed by atoms with Crippen LogP contribution in [0.5, 0.6) is 5.75 Å². The number of aliphatic hydroxyl groups is 1. The normalized spacial score (nSPS) is 26.8. The molecule has 172 valence electrons. The van der Waals surface area contributed by atoms with E-state index in [1.807, 2.05) is 24.0 Å². The molecule has 3 aliphatic rings. The van der Waals surface area contributed by atoms with E-state index in [4.69, 9.17) is 4.74 Å². The summed E-state index contributed by atoms with van der Waals surface area (Å²) in [5.41, 5.74) is 5.20. The number of piperidine rings is 1. The number of carbonyl (C=O) groups excluding carboxylic acids is 1. The highest BCUT2D eigenvalue weighted by atomic mass is 16.5. The summed E-state index contributed by atoms with van der Waals surface area (Å²) in [4.78, 5) is 25.4. The zero-order valence-electron chi connectivity index (χ0n) is 19.1. The Balaban J connectivity index is 1.28. The summed E-state index contributed by atoms with van der Waals surface area (Å²) in [5, 5.41) is 10.2. The lowest BCUT2D eigenvalue weighted by Crippen LogP contribution is -2.54. The summed E-state index contributed by atoms with van der Waals surface area (Å²) in [6.45, 7) is 5.74. The number of nitrogens with one attached hydrogen (secondary N) is 1. The molecular weight excluding hydrogens is 416 g/mol. The van der Waals surface area contributed by atoms with Gasteiger partial charge in [0.15, 0.2) is 0 Å². The van der Waals surface area contributed by atoms with Crippen LogP contribution < -0.4 is 4.74 Å². The fourth-order valence-electron chi connectivity index (χ4n) is 6.00. The first kappa shape index (κ1) is 20.5. The Kier molecular flexibility index (Phi) is 4.83. The number of benzene rings is 2. The first-order valence-corrected chi connectivity index (χ1v) is 11.9. The number of nitrogens with zero attached hydrogens (tertiary/aromatic N) is 3. The number of carbonyl (C=O) groups is 1. The summed E-state index contributed by atoms with van der Waals surface area (Å²) in [6, 6.07) is 12.8. The van der Waals surface area contributed by atoms with Crippen molar-refractivity contribution in [2.45, 2.75) is 57.8 Å². The fraction of sp³-hybridized carbons (Fsp3) is 0.462. The highest BCUT2D eigenvalue weighted by Gasteiger charge is 2.48. The number of aryl methyl sites for hydroxylation is 1. The maximum absolute atomic E-state index is 13.6. The SMILES string of the molecule is Cc1nc2ccc(-c3ccc4c(c3)CN(C(=O)N3C5CC(O)CC3C(C)C5)CCO4)cc2[nH]1. The Morgan fingerprint density at radius 2 is 1.97 bits per heavy atom. The predicted octanol–water partition coefficient (Wildman–Crippen LogP) is 4.09. The van der Waals surface area contributed by atoms with Crippen molar-refractivity contribution in [2.24, 2.45) is 5.92 Å². The molecule has 2 N–H and O–H groups in total. The molecule has 4 unspecified atom stereocenters. The first-order valence-electron chi connectivity index (χ1n) is 11.9. The van der Waals surface area contributed by atoms with Crippen LogP contribution in [0.3, 0.4) is 0 Å². The Morgan fingerprint density at radius 1 is 1.15 bits per heavy atom. The molecule has 2 aromatic carbocycles. The Hall–Kier alpha value is -3.06. The lowest BCUT2D eigenvalue weighted by Gasteiger charge is -2.40. The molecule has 3 aliphatic heterocycles. The van der Waals surface area contributed by atoms with Crippen LogP contribution in [-0.4, -0.2) is 62.2 Å². The number of rotatable bonds is 1. The van der Waals surface area contributed by atoms with E-state index in [0.29, 0.717) is 38.5 Å². The van der Waals surface area contributed by atoms with Crippen molar-refractivity contribution in [1.82, 2.24) is 19.8 Å². The molecule has 33 heavy (non-hydrogen) atoms. The molecule has 0 saturated carbocycles. The second kappa shape index (κ2) is 7.76. The lowest BCUT2D eigenvalue weighted by atomic mass is 9.97. The molecule has 2 saturated heterocycles. The molecule has 0 radical (unpaired) electrons. The number of hydrogen-bond acceptors (Lipinski definition) is 4. The van der Waals surface area contributed by atoms with Crippen molar-refractivity contribution in [2.75, 3.05) is 13.2 Å². The minimum atomic E-state index is -0.291. The lowest BCUT2D eigenvalue weighted by molar-refractivity contribution is 0.0371. The third-order valence-electron chi connectivity index (χ3n) is 7.57. The van der Waals surface area contributed by atoms with Crippen molar-refractivity contribution >= 4 is 17.1 Å². The van der Waals surface area contributed by atoms with Crippen molar-refractivity contribution < 1.29 is 14.6 Å². The van der Waals surface area contributed by atoms with Gasteiger partial charge in [0.1, 0.15) is 18.2 Å². The van der Waals surface area contributed by atoms with Crippen LogP contribution in [0, 0.1) is 12.8 Å². The summed E-state index contributed by atoms with van der Waals surface area (Å²) >= 11 is 0. The van der Waals surface area contributed by atoms with Crippen molar-refractivity contribution in [3.05, 3.63) is 47.8 Å². The summed E-state index contributed by atoms with van der Waals surface area (Å²) < 4.78 is 6.02. The number of amides is 2. The van der Waals surface area contributed by atoms with Gasteiger partial charge >= 0.3 is 6.03 Å². The van der Waals surface area contributed by atoms with Gasteiger partial charge in [0.25, 0.3) is 0 Å². The molecule has 2 bridgehead atoms. The number of imidazole rings is 1. The summed E-state index contributed by atoms with van der Waals surface area (Å²) in [6.07, 6.45) is 2.06. The maximum atomic E-state index is 13.6. The molecule has 4 heterocycles. The largest absolute Gasteiger partial charge is 0.491 e. The highest BCUT2D eigenvalue weighted by Crippen LogP contribution is 2.41. The van der Waals surface area contributed by atoms with Crippen LogP contribution in [0.4, 0.5) is 4.79 Å². The number of H-pyrrole nitrogens is 1. The molecule has 1 aromatic heterocycles. The number of ether oxygens (including phenoxy) is 1. The highest BCUT2D eigenvalue weighted by molar-refractivity contribution is 5.82. The average molecular weight is 447 g/mol. The quantitative estimate of drug-likeness (QED) is 0.590. The minimum absolute atomic E-state index is 0.0810. The van der Waals surface area contributed by atoms with Crippen LogP contribution in [0.25, 0.3) is 22.2 Å². The van der Waals surface area contributed by atoms with Gasteiger partial charge in [-0.05, 0) is 67.5 Å². The standard InChI is InChI=1S/C26H30N4O3/c1-15-9-20-12-21(31)13-24(15)30(20)26(32)29-7-8-33-25-6-4-17(10-19(25)14-29)18-3-5-22-23(11-18)28-16(2)27-22/h3-6,10-11,15,20-21,24,31H,7-9,12-14H2,1-2H3,(H,27,28). The fourth-order valence-corrected chi connectivity index (χ4v) is 6.00. The molecule has 3 aromatic rings. The van der Waals surface area contributed by atoms with Gasteiger partial charge in [-0.15, -0.1) is 0 Å². The van der Waals surface area contributed by atoms with Gasteiger partial charge in [-0.2, -0.15) is 0 Å². The third kappa shape index (κ3) is 3.55. The predicted molar refractivity (Wildman–Crippen MR) is 126 cm³/mol. The number of fused-ring (bicyclic) bond motifs is 4. The number of aromatic amines is 1. The van der Waals surface area contributed by atoms with E-state index >= 15 is 0 Å². The molecule has 7 heteroatoms. The zero-order valence-corrected chi connectivity index (χ0v) is 19.1. The smallest absolute Gasteiger partial charge is 0.320 e. The summed E-state index contributed by atoms with van der Waals surface area (Å²) in [7, 11) is 0. The van der Waals surface area contributed by atoms with E-state index in [9.17, 15) is 9.90 Å². The van der Waals surface area contributed by atoms with Crippen LogP contribution in [0.15, 0.2) is 36.4 Å².